The third kappa shape index (κ3) is 4.55. The molecule has 0 amide bonds. The highest BCUT2D eigenvalue weighted by atomic mass is 16.5. The lowest BCUT2D eigenvalue weighted by Crippen LogP contribution is -2.51. The molecule has 2 fully saturated rings. The molecule has 2 aliphatic heterocycles. The molecule has 3 heterocycles. The molecule has 2 saturated heterocycles. The SMILES string of the molecule is COc1ccc(-c2[nH]ncc2CNC[C@@H]([C@H]2CCOC2)N2CCOCC2)cc1. The summed E-state index contributed by atoms with van der Waals surface area (Å²) in [5.41, 5.74) is 3.35. The van der Waals surface area contributed by atoms with Gasteiger partial charge >= 0.3 is 0 Å². The van der Waals surface area contributed by atoms with E-state index in [2.05, 4.69) is 32.5 Å². The van der Waals surface area contributed by atoms with Crippen molar-refractivity contribution >= 4 is 0 Å². The van der Waals surface area contributed by atoms with E-state index in [1.807, 2.05) is 18.3 Å². The van der Waals surface area contributed by atoms with E-state index in [0.717, 1.165) is 76.0 Å². The van der Waals surface area contributed by atoms with Gasteiger partial charge in [0.15, 0.2) is 0 Å². The van der Waals surface area contributed by atoms with E-state index >= 15 is 0 Å². The molecule has 1 aromatic heterocycles. The van der Waals surface area contributed by atoms with E-state index in [0.29, 0.717) is 12.0 Å². The maximum Gasteiger partial charge on any atom is 0.118 e. The number of nitrogens with zero attached hydrogens (tertiary/aromatic N) is 2. The summed E-state index contributed by atoms with van der Waals surface area (Å²) in [4.78, 5) is 2.57. The minimum atomic E-state index is 0.489. The molecular formula is C21H30N4O3. The van der Waals surface area contributed by atoms with Crippen LogP contribution in [0.2, 0.25) is 0 Å². The van der Waals surface area contributed by atoms with Crippen molar-refractivity contribution in [2.75, 3.05) is 53.2 Å². The second kappa shape index (κ2) is 9.52. The number of aromatic amines is 1. The van der Waals surface area contributed by atoms with Crippen LogP contribution in [0.25, 0.3) is 11.3 Å². The topological polar surface area (TPSA) is 71.6 Å². The van der Waals surface area contributed by atoms with Crippen LogP contribution in [-0.2, 0) is 16.0 Å². The Balaban J connectivity index is 1.38. The van der Waals surface area contributed by atoms with Gasteiger partial charge in [-0.2, -0.15) is 5.10 Å². The zero-order valence-corrected chi connectivity index (χ0v) is 16.5. The quantitative estimate of drug-likeness (QED) is 0.722. The Labute approximate surface area is 166 Å². The van der Waals surface area contributed by atoms with Gasteiger partial charge in [-0.1, -0.05) is 0 Å². The summed E-state index contributed by atoms with van der Waals surface area (Å²) in [7, 11) is 1.68. The molecule has 7 nitrogen and oxygen atoms in total. The lowest BCUT2D eigenvalue weighted by Gasteiger charge is -2.37. The smallest absolute Gasteiger partial charge is 0.118 e. The molecule has 7 heteroatoms. The van der Waals surface area contributed by atoms with E-state index in [-0.39, 0.29) is 0 Å². The van der Waals surface area contributed by atoms with Gasteiger partial charge in [-0.3, -0.25) is 10.00 Å². The minimum absolute atomic E-state index is 0.489. The molecule has 0 aliphatic carbocycles. The Hall–Kier alpha value is -1.93. The first-order valence-corrected chi connectivity index (χ1v) is 10.1. The molecule has 28 heavy (non-hydrogen) atoms. The summed E-state index contributed by atoms with van der Waals surface area (Å²) in [6, 6.07) is 8.55. The molecule has 1 aromatic carbocycles. The van der Waals surface area contributed by atoms with Gasteiger partial charge in [-0.25, -0.2) is 0 Å². The highest BCUT2D eigenvalue weighted by Crippen LogP contribution is 2.25. The Morgan fingerprint density at radius 2 is 2.04 bits per heavy atom. The lowest BCUT2D eigenvalue weighted by molar-refractivity contribution is 0.00137. The predicted octanol–water partition coefficient (Wildman–Crippen LogP) is 1.91. The largest absolute Gasteiger partial charge is 0.497 e. The van der Waals surface area contributed by atoms with Crippen LogP contribution in [0.15, 0.2) is 30.5 Å². The van der Waals surface area contributed by atoms with E-state index < -0.39 is 0 Å². The molecule has 0 radical (unpaired) electrons. The molecule has 2 aliphatic rings. The fourth-order valence-electron chi connectivity index (χ4n) is 4.17. The standard InChI is InChI=1S/C21H30N4O3/c1-26-19-4-2-16(3-5-19)21-18(13-23-24-21)12-22-14-20(17-6-9-28-15-17)25-7-10-27-11-8-25/h2-5,13,17,20,22H,6-12,14-15H2,1H3,(H,23,24)/t17-,20-/m0/s1. The number of morpholine rings is 1. The third-order valence-electron chi connectivity index (χ3n) is 5.79. The molecule has 0 saturated carbocycles. The van der Waals surface area contributed by atoms with Crippen molar-refractivity contribution in [3.63, 3.8) is 0 Å². The summed E-state index contributed by atoms with van der Waals surface area (Å²) < 4.78 is 16.5. The highest BCUT2D eigenvalue weighted by molar-refractivity contribution is 5.63. The molecule has 2 atom stereocenters. The summed E-state index contributed by atoms with van der Waals surface area (Å²) in [6.45, 7) is 7.15. The zero-order chi connectivity index (χ0) is 19.2. The highest BCUT2D eigenvalue weighted by Gasteiger charge is 2.31. The molecular weight excluding hydrogens is 356 g/mol. The Morgan fingerprint density at radius 3 is 2.75 bits per heavy atom. The van der Waals surface area contributed by atoms with Crippen LogP contribution < -0.4 is 10.1 Å². The van der Waals surface area contributed by atoms with Gasteiger partial charge in [0.25, 0.3) is 0 Å². The van der Waals surface area contributed by atoms with Crippen molar-refractivity contribution in [1.29, 1.82) is 0 Å². The Bertz CT molecular complexity index is 722. The van der Waals surface area contributed by atoms with E-state index in [1.165, 1.54) is 5.56 Å². The molecule has 152 valence electrons. The summed E-state index contributed by atoms with van der Waals surface area (Å²) in [5, 5.41) is 11.1. The molecule has 0 spiro atoms. The van der Waals surface area contributed by atoms with Gasteiger partial charge in [-0.05, 0) is 30.7 Å². The molecule has 0 unspecified atom stereocenters. The van der Waals surface area contributed by atoms with Crippen molar-refractivity contribution in [1.82, 2.24) is 20.4 Å². The fraction of sp³-hybridized carbons (Fsp3) is 0.571. The second-order valence-corrected chi connectivity index (χ2v) is 7.47. The predicted molar refractivity (Wildman–Crippen MR) is 107 cm³/mol. The lowest BCUT2D eigenvalue weighted by atomic mass is 9.96. The van der Waals surface area contributed by atoms with Gasteiger partial charge in [0.05, 0.1) is 38.8 Å². The van der Waals surface area contributed by atoms with E-state index in [1.54, 1.807) is 7.11 Å². The van der Waals surface area contributed by atoms with Crippen molar-refractivity contribution in [2.45, 2.75) is 19.0 Å². The first kappa shape index (κ1) is 19.4. The van der Waals surface area contributed by atoms with Gasteiger partial charge in [0.2, 0.25) is 0 Å². The van der Waals surface area contributed by atoms with Gasteiger partial charge in [0, 0.05) is 55.9 Å². The number of ether oxygens (including phenoxy) is 3. The maximum atomic E-state index is 5.67. The fourth-order valence-corrected chi connectivity index (χ4v) is 4.17. The first-order valence-electron chi connectivity index (χ1n) is 10.1. The maximum absolute atomic E-state index is 5.67. The number of benzene rings is 1. The van der Waals surface area contributed by atoms with Crippen molar-refractivity contribution < 1.29 is 14.2 Å². The number of hydrogen-bond acceptors (Lipinski definition) is 6. The zero-order valence-electron chi connectivity index (χ0n) is 16.5. The molecule has 4 rings (SSSR count). The number of nitrogens with one attached hydrogen (secondary N) is 2. The summed E-state index contributed by atoms with van der Waals surface area (Å²) in [6.07, 6.45) is 3.06. The average molecular weight is 386 g/mol. The number of rotatable bonds is 8. The Morgan fingerprint density at radius 1 is 1.21 bits per heavy atom. The first-order chi connectivity index (χ1) is 13.8. The summed E-state index contributed by atoms with van der Waals surface area (Å²) >= 11 is 0. The Kier molecular flexibility index (Phi) is 6.59. The average Bonchev–Trinajstić information content (AvgIpc) is 3.44. The van der Waals surface area contributed by atoms with Gasteiger partial charge < -0.3 is 19.5 Å². The molecule has 2 aromatic rings. The monoisotopic (exact) mass is 386 g/mol. The van der Waals surface area contributed by atoms with Crippen molar-refractivity contribution in [3.05, 3.63) is 36.0 Å². The van der Waals surface area contributed by atoms with Crippen LogP contribution in [0.4, 0.5) is 0 Å². The van der Waals surface area contributed by atoms with Crippen LogP contribution in [-0.4, -0.2) is 74.3 Å². The van der Waals surface area contributed by atoms with Crippen molar-refractivity contribution in [3.8, 4) is 17.0 Å². The number of aromatic nitrogens is 2. The third-order valence-corrected chi connectivity index (χ3v) is 5.79. The number of methoxy groups -OCH3 is 1. The second-order valence-electron chi connectivity index (χ2n) is 7.47. The van der Waals surface area contributed by atoms with Crippen LogP contribution in [0.1, 0.15) is 12.0 Å². The van der Waals surface area contributed by atoms with Crippen LogP contribution in [0.3, 0.4) is 0 Å². The van der Waals surface area contributed by atoms with Crippen molar-refractivity contribution in [2.24, 2.45) is 5.92 Å². The van der Waals surface area contributed by atoms with E-state index in [4.69, 9.17) is 14.2 Å². The number of H-pyrrole nitrogens is 1. The van der Waals surface area contributed by atoms with Gasteiger partial charge in [-0.15, -0.1) is 0 Å². The van der Waals surface area contributed by atoms with Gasteiger partial charge in [0.1, 0.15) is 5.75 Å². The van der Waals surface area contributed by atoms with Crippen LogP contribution in [0, 0.1) is 5.92 Å². The summed E-state index contributed by atoms with van der Waals surface area (Å²) in [5.74, 6) is 1.45. The molecule has 0 bridgehead atoms. The van der Waals surface area contributed by atoms with Crippen LogP contribution >= 0.6 is 0 Å². The van der Waals surface area contributed by atoms with Crippen LogP contribution in [0.5, 0.6) is 5.75 Å². The number of hydrogen-bond donors (Lipinski definition) is 2. The minimum Gasteiger partial charge on any atom is -0.497 e. The normalized spacial score (nSPS) is 21.7. The molecule has 2 N–H and O–H groups in total. The van der Waals surface area contributed by atoms with E-state index in [9.17, 15) is 0 Å².